The Kier molecular flexibility index (Phi) is 7.67. The Bertz CT molecular complexity index is 1280. The van der Waals surface area contributed by atoms with E-state index in [1.165, 1.54) is 35.8 Å². The first-order valence-corrected chi connectivity index (χ1v) is 13.1. The maximum atomic E-state index is 12.8. The van der Waals surface area contributed by atoms with Crippen molar-refractivity contribution in [2.75, 3.05) is 30.1 Å². The SMILES string of the molecule is COC(=O)Cn1c(=NC(=O)CSCC(=O)N2CCCc3ccccc32)sc2cc(Br)ccc21. The molecule has 3 aromatic rings. The van der Waals surface area contributed by atoms with E-state index in [0.717, 1.165) is 33.2 Å². The van der Waals surface area contributed by atoms with Gasteiger partial charge in [0, 0.05) is 16.7 Å². The number of methoxy groups -OCH3 is 1. The second kappa shape index (κ2) is 10.7. The van der Waals surface area contributed by atoms with Crippen molar-refractivity contribution >= 4 is 72.7 Å². The maximum absolute atomic E-state index is 12.8. The number of anilines is 1. The zero-order chi connectivity index (χ0) is 23.4. The summed E-state index contributed by atoms with van der Waals surface area (Å²) < 4.78 is 8.26. The third-order valence-corrected chi connectivity index (χ3v) is 7.68. The number of halogens is 1. The number of carbonyl (C=O) groups is 3. The highest BCUT2D eigenvalue weighted by molar-refractivity contribution is 9.10. The van der Waals surface area contributed by atoms with Gasteiger partial charge in [-0.3, -0.25) is 14.4 Å². The average molecular weight is 548 g/mol. The van der Waals surface area contributed by atoms with Gasteiger partial charge in [0.25, 0.3) is 5.91 Å². The third kappa shape index (κ3) is 5.56. The fourth-order valence-corrected chi connectivity index (χ4v) is 5.98. The van der Waals surface area contributed by atoms with Gasteiger partial charge in [0.2, 0.25) is 5.91 Å². The molecule has 33 heavy (non-hydrogen) atoms. The number of aromatic nitrogens is 1. The molecule has 0 saturated carbocycles. The largest absolute Gasteiger partial charge is 0.468 e. The summed E-state index contributed by atoms with van der Waals surface area (Å²) >= 11 is 6.02. The number of hydrogen-bond acceptors (Lipinski definition) is 6. The summed E-state index contributed by atoms with van der Waals surface area (Å²) in [5.41, 5.74) is 2.94. The van der Waals surface area contributed by atoms with Gasteiger partial charge < -0.3 is 14.2 Å². The van der Waals surface area contributed by atoms with Gasteiger partial charge in [0.1, 0.15) is 6.54 Å². The molecule has 0 bridgehead atoms. The van der Waals surface area contributed by atoms with Crippen LogP contribution in [-0.2, 0) is 32.1 Å². The molecule has 10 heteroatoms. The molecular formula is C23H22BrN3O4S2. The first-order chi connectivity index (χ1) is 16.0. The Labute approximate surface area is 207 Å². The summed E-state index contributed by atoms with van der Waals surface area (Å²) in [6, 6.07) is 13.6. The van der Waals surface area contributed by atoms with Crippen molar-refractivity contribution in [2.24, 2.45) is 4.99 Å². The molecule has 0 aliphatic carbocycles. The minimum Gasteiger partial charge on any atom is -0.468 e. The number of thioether (sulfide) groups is 1. The average Bonchev–Trinajstić information content (AvgIpc) is 3.13. The molecule has 0 spiro atoms. The zero-order valence-electron chi connectivity index (χ0n) is 18.0. The molecule has 2 heterocycles. The molecule has 2 amide bonds. The summed E-state index contributed by atoms with van der Waals surface area (Å²) in [6.07, 6.45) is 1.91. The van der Waals surface area contributed by atoms with Gasteiger partial charge in [-0.25, -0.2) is 0 Å². The molecule has 4 rings (SSSR count). The molecule has 0 fully saturated rings. The first kappa shape index (κ1) is 23.7. The second-order valence-electron chi connectivity index (χ2n) is 7.43. The van der Waals surface area contributed by atoms with Crippen molar-refractivity contribution in [1.29, 1.82) is 0 Å². The topological polar surface area (TPSA) is 81.0 Å². The number of aryl methyl sites for hydroxylation is 1. The fraction of sp³-hybridized carbons (Fsp3) is 0.304. The number of amides is 2. The third-order valence-electron chi connectivity index (χ3n) is 5.24. The summed E-state index contributed by atoms with van der Waals surface area (Å²) in [7, 11) is 1.32. The molecule has 0 N–H and O–H groups in total. The number of carbonyl (C=O) groups excluding carboxylic acids is 3. The predicted molar refractivity (Wildman–Crippen MR) is 135 cm³/mol. The fourth-order valence-electron chi connectivity index (χ4n) is 3.71. The number of ether oxygens (including phenoxy) is 1. The van der Waals surface area contributed by atoms with Crippen LogP contribution in [0.1, 0.15) is 12.0 Å². The van der Waals surface area contributed by atoms with Gasteiger partial charge in [-0.2, -0.15) is 4.99 Å². The van der Waals surface area contributed by atoms with E-state index in [9.17, 15) is 14.4 Å². The highest BCUT2D eigenvalue weighted by atomic mass is 79.9. The van der Waals surface area contributed by atoms with Crippen molar-refractivity contribution in [3.8, 4) is 0 Å². The number of para-hydroxylation sites is 1. The van der Waals surface area contributed by atoms with Gasteiger partial charge in [0.15, 0.2) is 4.80 Å². The van der Waals surface area contributed by atoms with Crippen LogP contribution in [-0.4, -0.2) is 47.5 Å². The lowest BCUT2D eigenvalue weighted by Crippen LogP contribution is -2.36. The summed E-state index contributed by atoms with van der Waals surface area (Å²) in [6.45, 7) is 0.657. The number of nitrogens with zero attached hydrogens (tertiary/aromatic N) is 3. The molecular weight excluding hydrogens is 526 g/mol. The van der Waals surface area contributed by atoms with Crippen LogP contribution in [0.3, 0.4) is 0 Å². The molecule has 1 aromatic heterocycles. The van der Waals surface area contributed by atoms with Crippen molar-refractivity contribution in [1.82, 2.24) is 4.57 Å². The quantitative estimate of drug-likeness (QED) is 0.438. The Morgan fingerprint density at radius 3 is 2.82 bits per heavy atom. The lowest BCUT2D eigenvalue weighted by Gasteiger charge is -2.29. The summed E-state index contributed by atoms with van der Waals surface area (Å²) in [4.78, 5) is 43.7. The Balaban J connectivity index is 1.45. The van der Waals surface area contributed by atoms with Crippen LogP contribution in [0, 0.1) is 0 Å². The number of rotatable bonds is 6. The number of hydrogen-bond donors (Lipinski definition) is 0. The van der Waals surface area contributed by atoms with Crippen LogP contribution in [0.2, 0.25) is 0 Å². The highest BCUT2D eigenvalue weighted by Crippen LogP contribution is 2.27. The van der Waals surface area contributed by atoms with Gasteiger partial charge in [0.05, 0.1) is 28.8 Å². The Hall–Kier alpha value is -2.43. The number of fused-ring (bicyclic) bond motifs is 2. The van der Waals surface area contributed by atoms with Crippen LogP contribution in [0.25, 0.3) is 10.2 Å². The van der Waals surface area contributed by atoms with E-state index in [0.29, 0.717) is 11.3 Å². The lowest BCUT2D eigenvalue weighted by atomic mass is 10.0. The molecule has 2 aromatic carbocycles. The van der Waals surface area contributed by atoms with Crippen LogP contribution in [0.5, 0.6) is 0 Å². The number of benzene rings is 2. The van der Waals surface area contributed by atoms with Crippen molar-refractivity contribution < 1.29 is 19.1 Å². The van der Waals surface area contributed by atoms with Gasteiger partial charge in [-0.1, -0.05) is 45.5 Å². The van der Waals surface area contributed by atoms with E-state index in [4.69, 9.17) is 4.74 Å². The molecule has 0 saturated heterocycles. The molecule has 1 aliphatic heterocycles. The van der Waals surface area contributed by atoms with Crippen molar-refractivity contribution in [2.45, 2.75) is 19.4 Å². The van der Waals surface area contributed by atoms with E-state index in [1.54, 1.807) is 4.57 Å². The molecule has 172 valence electrons. The first-order valence-electron chi connectivity index (χ1n) is 10.4. The molecule has 0 radical (unpaired) electrons. The zero-order valence-corrected chi connectivity index (χ0v) is 21.2. The Morgan fingerprint density at radius 1 is 1.18 bits per heavy atom. The van der Waals surface area contributed by atoms with E-state index in [1.807, 2.05) is 41.3 Å². The van der Waals surface area contributed by atoms with Crippen LogP contribution < -0.4 is 9.70 Å². The molecule has 0 atom stereocenters. The summed E-state index contributed by atoms with van der Waals surface area (Å²) in [5, 5.41) is 0. The molecule has 1 aliphatic rings. The smallest absolute Gasteiger partial charge is 0.325 e. The van der Waals surface area contributed by atoms with Crippen LogP contribution >= 0.6 is 39.0 Å². The maximum Gasteiger partial charge on any atom is 0.325 e. The van der Waals surface area contributed by atoms with E-state index in [2.05, 4.69) is 27.0 Å². The molecule has 0 unspecified atom stereocenters. The van der Waals surface area contributed by atoms with E-state index in [-0.39, 0.29) is 29.9 Å². The van der Waals surface area contributed by atoms with Crippen LogP contribution in [0.4, 0.5) is 5.69 Å². The van der Waals surface area contributed by atoms with E-state index >= 15 is 0 Å². The van der Waals surface area contributed by atoms with Crippen molar-refractivity contribution in [3.05, 3.63) is 57.3 Å². The second-order valence-corrected chi connectivity index (χ2v) is 10.3. The normalized spacial score (nSPS) is 13.8. The number of esters is 1. The molecule has 7 nitrogen and oxygen atoms in total. The monoisotopic (exact) mass is 547 g/mol. The standard InChI is InChI=1S/C23H22BrN3O4S2/c1-31-22(30)12-27-18-9-8-16(24)11-19(18)33-23(27)25-20(28)13-32-14-21(29)26-10-4-6-15-5-2-3-7-17(15)26/h2-3,5,7-9,11H,4,6,10,12-14H2,1H3. The van der Waals surface area contributed by atoms with Crippen LogP contribution in [0.15, 0.2) is 51.9 Å². The van der Waals surface area contributed by atoms with E-state index < -0.39 is 5.97 Å². The van der Waals surface area contributed by atoms with Gasteiger partial charge >= 0.3 is 5.97 Å². The predicted octanol–water partition coefficient (Wildman–Crippen LogP) is 3.78. The highest BCUT2D eigenvalue weighted by Gasteiger charge is 2.22. The minimum atomic E-state index is -0.423. The van der Waals surface area contributed by atoms with Crippen molar-refractivity contribution in [3.63, 3.8) is 0 Å². The lowest BCUT2D eigenvalue weighted by molar-refractivity contribution is -0.141. The number of thiazole rings is 1. The minimum absolute atomic E-state index is 0.00702. The summed E-state index contributed by atoms with van der Waals surface area (Å²) in [5.74, 6) is -0.495. The Morgan fingerprint density at radius 2 is 2.00 bits per heavy atom. The van der Waals surface area contributed by atoms with Gasteiger partial charge in [-0.15, -0.1) is 11.8 Å². The van der Waals surface area contributed by atoms with Gasteiger partial charge in [-0.05, 0) is 42.7 Å².